The van der Waals surface area contributed by atoms with Crippen molar-refractivity contribution in [1.29, 1.82) is 0 Å². The number of para-hydroxylation sites is 1. The van der Waals surface area contributed by atoms with Crippen LogP contribution in [0.5, 0.6) is 0 Å². The number of hydrogen-bond donors (Lipinski definition) is 1. The molecule has 2 rings (SSSR count). The molecule has 19 heavy (non-hydrogen) atoms. The van der Waals surface area contributed by atoms with Gasteiger partial charge >= 0.3 is 0 Å². The molecule has 1 aromatic heterocycles. The van der Waals surface area contributed by atoms with E-state index in [1.54, 1.807) is 7.11 Å². The standard InChI is InChI=1S/C14H19N3O2/c1-10(8-9-18-3)15-13-7-5-4-6-12(13)14-16-11(2)17-19-14/h4-7,10,15H,8-9H2,1-3H3. The average Bonchev–Trinajstić information content (AvgIpc) is 2.83. The SMILES string of the molecule is COCCC(C)Nc1ccccc1-c1nc(C)no1. The van der Waals surface area contributed by atoms with Crippen molar-refractivity contribution in [2.24, 2.45) is 0 Å². The summed E-state index contributed by atoms with van der Waals surface area (Å²) in [5.41, 5.74) is 1.92. The van der Waals surface area contributed by atoms with Crippen molar-refractivity contribution in [1.82, 2.24) is 10.1 Å². The van der Waals surface area contributed by atoms with E-state index in [1.165, 1.54) is 0 Å². The molecule has 0 aliphatic carbocycles. The molecular weight excluding hydrogens is 242 g/mol. The first-order chi connectivity index (χ1) is 9.20. The van der Waals surface area contributed by atoms with E-state index in [2.05, 4.69) is 22.4 Å². The lowest BCUT2D eigenvalue weighted by Crippen LogP contribution is -2.17. The molecule has 0 saturated heterocycles. The molecule has 0 radical (unpaired) electrons. The molecule has 1 unspecified atom stereocenters. The Morgan fingerprint density at radius 3 is 2.84 bits per heavy atom. The summed E-state index contributed by atoms with van der Waals surface area (Å²) in [6.45, 7) is 4.66. The van der Waals surface area contributed by atoms with Crippen LogP contribution in [0.2, 0.25) is 0 Å². The van der Waals surface area contributed by atoms with Crippen LogP contribution in [0.25, 0.3) is 11.5 Å². The van der Waals surface area contributed by atoms with Gasteiger partial charge in [-0.05, 0) is 32.4 Å². The Hall–Kier alpha value is -1.88. The lowest BCUT2D eigenvalue weighted by atomic mass is 10.1. The first-order valence-corrected chi connectivity index (χ1v) is 6.36. The molecule has 0 bridgehead atoms. The van der Waals surface area contributed by atoms with Gasteiger partial charge in [-0.1, -0.05) is 17.3 Å². The number of hydrogen-bond acceptors (Lipinski definition) is 5. The third kappa shape index (κ3) is 3.54. The molecule has 5 heteroatoms. The van der Waals surface area contributed by atoms with Crippen molar-refractivity contribution in [3.05, 3.63) is 30.1 Å². The zero-order chi connectivity index (χ0) is 13.7. The van der Waals surface area contributed by atoms with E-state index in [1.807, 2.05) is 31.2 Å². The Balaban J connectivity index is 2.17. The highest BCUT2D eigenvalue weighted by molar-refractivity contribution is 5.72. The number of nitrogens with zero attached hydrogens (tertiary/aromatic N) is 2. The van der Waals surface area contributed by atoms with Crippen LogP contribution in [0.15, 0.2) is 28.8 Å². The van der Waals surface area contributed by atoms with Crippen molar-refractivity contribution in [2.75, 3.05) is 19.0 Å². The average molecular weight is 261 g/mol. The van der Waals surface area contributed by atoms with Gasteiger partial charge in [0.2, 0.25) is 0 Å². The molecule has 0 saturated carbocycles. The summed E-state index contributed by atoms with van der Waals surface area (Å²) in [4.78, 5) is 4.27. The maximum atomic E-state index is 5.23. The maximum Gasteiger partial charge on any atom is 0.260 e. The van der Waals surface area contributed by atoms with Gasteiger partial charge in [0.05, 0.1) is 5.56 Å². The predicted octanol–water partition coefficient (Wildman–Crippen LogP) is 2.88. The predicted molar refractivity (Wildman–Crippen MR) is 74.0 cm³/mol. The molecule has 0 amide bonds. The number of benzene rings is 1. The van der Waals surface area contributed by atoms with E-state index in [0.717, 1.165) is 24.3 Å². The number of aromatic nitrogens is 2. The van der Waals surface area contributed by atoms with Gasteiger partial charge in [-0.15, -0.1) is 0 Å². The van der Waals surface area contributed by atoms with Gasteiger partial charge in [0.15, 0.2) is 5.82 Å². The summed E-state index contributed by atoms with van der Waals surface area (Å²) in [5, 5.41) is 7.27. The van der Waals surface area contributed by atoms with Crippen LogP contribution in [-0.2, 0) is 4.74 Å². The molecule has 2 aromatic rings. The minimum absolute atomic E-state index is 0.310. The van der Waals surface area contributed by atoms with Crippen LogP contribution < -0.4 is 5.32 Å². The molecule has 1 aromatic carbocycles. The zero-order valence-electron chi connectivity index (χ0n) is 11.5. The van der Waals surface area contributed by atoms with E-state index in [0.29, 0.717) is 17.8 Å². The second-order valence-electron chi connectivity index (χ2n) is 4.52. The number of methoxy groups -OCH3 is 1. The van der Waals surface area contributed by atoms with E-state index in [4.69, 9.17) is 9.26 Å². The van der Waals surface area contributed by atoms with Crippen LogP contribution >= 0.6 is 0 Å². The van der Waals surface area contributed by atoms with Gasteiger partial charge in [0.1, 0.15) is 0 Å². The van der Waals surface area contributed by atoms with E-state index >= 15 is 0 Å². The number of aryl methyl sites for hydroxylation is 1. The lowest BCUT2D eigenvalue weighted by Gasteiger charge is -2.16. The fraction of sp³-hybridized carbons (Fsp3) is 0.429. The summed E-state index contributed by atoms with van der Waals surface area (Å²) in [7, 11) is 1.71. The molecule has 5 nitrogen and oxygen atoms in total. The van der Waals surface area contributed by atoms with Gasteiger partial charge in [-0.3, -0.25) is 0 Å². The van der Waals surface area contributed by atoms with Gasteiger partial charge in [-0.25, -0.2) is 0 Å². The number of anilines is 1. The normalized spacial score (nSPS) is 12.4. The molecule has 1 N–H and O–H groups in total. The molecule has 102 valence electrons. The molecule has 1 atom stereocenters. The Bertz CT molecular complexity index is 525. The van der Waals surface area contributed by atoms with Crippen LogP contribution in [0.4, 0.5) is 5.69 Å². The van der Waals surface area contributed by atoms with Crippen LogP contribution in [0, 0.1) is 6.92 Å². The van der Waals surface area contributed by atoms with E-state index < -0.39 is 0 Å². The molecule has 0 aliphatic heterocycles. The fourth-order valence-corrected chi connectivity index (χ4v) is 1.83. The summed E-state index contributed by atoms with van der Waals surface area (Å²) < 4.78 is 10.3. The Kier molecular flexibility index (Phi) is 4.52. The summed E-state index contributed by atoms with van der Waals surface area (Å²) in [6.07, 6.45) is 0.938. The smallest absolute Gasteiger partial charge is 0.260 e. The highest BCUT2D eigenvalue weighted by Crippen LogP contribution is 2.27. The Morgan fingerprint density at radius 2 is 2.16 bits per heavy atom. The number of ether oxygens (including phenoxy) is 1. The second-order valence-corrected chi connectivity index (χ2v) is 4.52. The van der Waals surface area contributed by atoms with Gasteiger partial charge in [-0.2, -0.15) is 4.98 Å². The zero-order valence-corrected chi connectivity index (χ0v) is 11.5. The minimum Gasteiger partial charge on any atom is -0.385 e. The van der Waals surface area contributed by atoms with Crippen molar-refractivity contribution < 1.29 is 9.26 Å². The molecular formula is C14H19N3O2. The van der Waals surface area contributed by atoms with Crippen molar-refractivity contribution in [2.45, 2.75) is 26.3 Å². The van der Waals surface area contributed by atoms with Gasteiger partial charge in [0, 0.05) is 25.4 Å². The monoisotopic (exact) mass is 261 g/mol. The maximum absolute atomic E-state index is 5.23. The minimum atomic E-state index is 0.310. The highest BCUT2D eigenvalue weighted by atomic mass is 16.5. The lowest BCUT2D eigenvalue weighted by molar-refractivity contribution is 0.191. The molecule has 1 heterocycles. The topological polar surface area (TPSA) is 60.2 Å². The molecule has 0 aliphatic rings. The third-order valence-electron chi connectivity index (χ3n) is 2.84. The number of rotatable bonds is 6. The fourth-order valence-electron chi connectivity index (χ4n) is 1.83. The van der Waals surface area contributed by atoms with Gasteiger partial charge < -0.3 is 14.6 Å². The van der Waals surface area contributed by atoms with Crippen molar-refractivity contribution in [3.8, 4) is 11.5 Å². The summed E-state index contributed by atoms with van der Waals surface area (Å²) in [5.74, 6) is 1.18. The van der Waals surface area contributed by atoms with E-state index in [9.17, 15) is 0 Å². The Morgan fingerprint density at radius 1 is 1.37 bits per heavy atom. The van der Waals surface area contributed by atoms with Crippen LogP contribution in [-0.4, -0.2) is 29.9 Å². The quantitative estimate of drug-likeness (QED) is 0.866. The Labute approximate surface area is 113 Å². The molecule has 0 fully saturated rings. The third-order valence-corrected chi connectivity index (χ3v) is 2.84. The van der Waals surface area contributed by atoms with Crippen LogP contribution in [0.3, 0.4) is 0 Å². The van der Waals surface area contributed by atoms with Crippen molar-refractivity contribution in [3.63, 3.8) is 0 Å². The second kappa shape index (κ2) is 6.33. The molecule has 0 spiro atoms. The van der Waals surface area contributed by atoms with Crippen molar-refractivity contribution >= 4 is 5.69 Å². The summed E-state index contributed by atoms with van der Waals surface area (Å²) in [6, 6.07) is 8.24. The largest absolute Gasteiger partial charge is 0.385 e. The summed E-state index contributed by atoms with van der Waals surface area (Å²) >= 11 is 0. The number of nitrogens with one attached hydrogen (secondary N) is 1. The first kappa shape index (κ1) is 13.5. The van der Waals surface area contributed by atoms with Crippen LogP contribution in [0.1, 0.15) is 19.2 Å². The van der Waals surface area contributed by atoms with E-state index in [-0.39, 0.29) is 0 Å². The van der Waals surface area contributed by atoms with Gasteiger partial charge in [0.25, 0.3) is 5.89 Å². The highest BCUT2D eigenvalue weighted by Gasteiger charge is 2.12. The first-order valence-electron chi connectivity index (χ1n) is 6.36.